The highest BCUT2D eigenvalue weighted by Crippen LogP contribution is 2.29. The predicted molar refractivity (Wildman–Crippen MR) is 98.8 cm³/mol. The number of methoxy groups -OCH3 is 1. The Morgan fingerprint density at radius 2 is 1.93 bits per heavy atom. The number of alkyl halides is 3. The maximum absolute atomic E-state index is 12.8. The Labute approximate surface area is 164 Å². The summed E-state index contributed by atoms with van der Waals surface area (Å²) in [6, 6.07) is 4.88. The lowest BCUT2D eigenvalue weighted by atomic mass is 10.1. The number of aromatic amines is 1. The molecule has 1 aromatic carbocycles. The number of nitrogens with zero attached hydrogens (tertiary/aromatic N) is 2. The molecule has 0 atom stereocenters. The van der Waals surface area contributed by atoms with Crippen molar-refractivity contribution in [2.45, 2.75) is 30.9 Å². The first-order chi connectivity index (χ1) is 13.5. The van der Waals surface area contributed by atoms with Crippen LogP contribution in [-0.2, 0) is 15.6 Å². The number of pyridine rings is 1. The molecule has 2 aromatic heterocycles. The molecule has 0 saturated heterocycles. The normalized spacial score (nSPS) is 12.3. The van der Waals surface area contributed by atoms with E-state index in [9.17, 15) is 21.6 Å². The minimum Gasteiger partial charge on any atom is -0.497 e. The van der Waals surface area contributed by atoms with Crippen molar-refractivity contribution in [2.24, 2.45) is 0 Å². The number of benzene rings is 1. The predicted octanol–water partition coefficient (Wildman–Crippen LogP) is 3.50. The zero-order valence-corrected chi connectivity index (χ0v) is 16.6. The molecule has 0 spiro atoms. The van der Waals surface area contributed by atoms with E-state index in [1.807, 2.05) is 0 Å². The lowest BCUT2D eigenvalue weighted by molar-refractivity contribution is -0.153. The molecule has 0 aliphatic carbocycles. The van der Waals surface area contributed by atoms with Crippen LogP contribution in [0.1, 0.15) is 16.8 Å². The summed E-state index contributed by atoms with van der Waals surface area (Å²) in [5.74, 6) is -0.0503. The molecule has 0 aliphatic rings. The van der Waals surface area contributed by atoms with Gasteiger partial charge in [0, 0.05) is 23.4 Å². The molecular weight excluding hydrogens is 411 g/mol. The monoisotopic (exact) mass is 429 g/mol. The van der Waals surface area contributed by atoms with E-state index >= 15 is 0 Å². The van der Waals surface area contributed by atoms with Crippen LogP contribution >= 0.6 is 0 Å². The average molecular weight is 429 g/mol. The van der Waals surface area contributed by atoms with Gasteiger partial charge in [0.05, 0.1) is 23.8 Å². The molecule has 1 N–H and O–H groups in total. The minimum atomic E-state index is -4.51. The third kappa shape index (κ3) is 4.61. The van der Waals surface area contributed by atoms with E-state index in [1.54, 1.807) is 18.2 Å². The van der Waals surface area contributed by atoms with Crippen LogP contribution < -0.4 is 9.47 Å². The number of fused-ring (bicyclic) bond motifs is 1. The summed E-state index contributed by atoms with van der Waals surface area (Å²) < 4.78 is 73.1. The van der Waals surface area contributed by atoms with Gasteiger partial charge in [0.1, 0.15) is 17.3 Å². The van der Waals surface area contributed by atoms with Gasteiger partial charge in [-0.1, -0.05) is 0 Å². The summed E-state index contributed by atoms with van der Waals surface area (Å²) in [6.07, 6.45) is -3.23. The van der Waals surface area contributed by atoms with Crippen molar-refractivity contribution in [3.63, 3.8) is 0 Å². The molecule has 0 amide bonds. The number of hydrogen-bond acceptors (Lipinski definition) is 6. The zero-order valence-electron chi connectivity index (χ0n) is 15.8. The van der Waals surface area contributed by atoms with Gasteiger partial charge in [0.2, 0.25) is 15.0 Å². The lowest BCUT2D eigenvalue weighted by Crippen LogP contribution is -2.20. The Kier molecular flexibility index (Phi) is 5.44. The molecule has 0 radical (unpaired) electrons. The summed E-state index contributed by atoms with van der Waals surface area (Å²) in [7, 11) is -2.46. The number of H-pyrrole nitrogens is 1. The minimum absolute atomic E-state index is 0.0307. The Hall–Kier alpha value is -2.82. The Bertz CT molecular complexity index is 1160. The van der Waals surface area contributed by atoms with Crippen molar-refractivity contribution < 1.29 is 31.1 Å². The number of hydrogen-bond donors (Lipinski definition) is 1. The largest absolute Gasteiger partial charge is 0.497 e. The summed E-state index contributed by atoms with van der Waals surface area (Å²) in [6.45, 7) is 1.53. The number of halogens is 3. The van der Waals surface area contributed by atoms with Crippen molar-refractivity contribution >= 4 is 20.9 Å². The van der Waals surface area contributed by atoms with E-state index in [2.05, 4.69) is 15.0 Å². The van der Waals surface area contributed by atoms with Crippen molar-refractivity contribution in [1.82, 2.24) is 15.0 Å². The molecule has 11 heteroatoms. The molecule has 3 rings (SSSR count). The van der Waals surface area contributed by atoms with Crippen molar-refractivity contribution in [3.05, 3.63) is 41.2 Å². The SMILES string of the molecule is COc1ccc2[nH]c(S(=O)(=O)Cc3ncc(C)c(OCC(F)(F)F)c3C)nc2c1. The van der Waals surface area contributed by atoms with Crippen LogP contribution in [0.4, 0.5) is 13.2 Å². The van der Waals surface area contributed by atoms with Crippen LogP contribution in [0.25, 0.3) is 11.0 Å². The number of ether oxygens (including phenoxy) is 2. The molecule has 0 bridgehead atoms. The van der Waals surface area contributed by atoms with Gasteiger partial charge in [-0.05, 0) is 26.0 Å². The number of sulfone groups is 1. The molecule has 0 fully saturated rings. The van der Waals surface area contributed by atoms with Gasteiger partial charge in [-0.15, -0.1) is 0 Å². The van der Waals surface area contributed by atoms with Gasteiger partial charge in [-0.3, -0.25) is 4.98 Å². The fraction of sp³-hybridized carbons (Fsp3) is 0.333. The topological polar surface area (TPSA) is 94.2 Å². The maximum atomic E-state index is 12.8. The first kappa shape index (κ1) is 20.9. The molecule has 2 heterocycles. The highest BCUT2D eigenvalue weighted by atomic mass is 32.2. The number of nitrogens with one attached hydrogen (secondary N) is 1. The quantitative estimate of drug-likeness (QED) is 0.645. The molecule has 7 nitrogen and oxygen atoms in total. The second kappa shape index (κ2) is 7.54. The van der Waals surface area contributed by atoms with Crippen LogP contribution in [0.3, 0.4) is 0 Å². The molecule has 3 aromatic rings. The van der Waals surface area contributed by atoms with Gasteiger partial charge in [0.25, 0.3) is 0 Å². The Morgan fingerprint density at radius 1 is 1.21 bits per heavy atom. The second-order valence-corrected chi connectivity index (χ2v) is 8.33. The number of aromatic nitrogens is 3. The maximum Gasteiger partial charge on any atom is 0.422 e. The van der Waals surface area contributed by atoms with Crippen LogP contribution in [0.5, 0.6) is 11.5 Å². The van der Waals surface area contributed by atoms with Gasteiger partial charge >= 0.3 is 6.18 Å². The van der Waals surface area contributed by atoms with Gasteiger partial charge in [0.15, 0.2) is 6.61 Å². The fourth-order valence-corrected chi connectivity index (χ4v) is 4.05. The van der Waals surface area contributed by atoms with Crippen LogP contribution in [0, 0.1) is 13.8 Å². The first-order valence-electron chi connectivity index (χ1n) is 8.41. The molecule has 29 heavy (non-hydrogen) atoms. The van der Waals surface area contributed by atoms with Crippen LogP contribution in [0.15, 0.2) is 29.6 Å². The van der Waals surface area contributed by atoms with Crippen molar-refractivity contribution in [2.75, 3.05) is 13.7 Å². The van der Waals surface area contributed by atoms with Gasteiger partial charge in [-0.25, -0.2) is 13.4 Å². The van der Waals surface area contributed by atoms with E-state index in [0.717, 1.165) is 0 Å². The number of imidazole rings is 1. The fourth-order valence-electron chi connectivity index (χ4n) is 2.76. The smallest absolute Gasteiger partial charge is 0.422 e. The highest BCUT2D eigenvalue weighted by Gasteiger charge is 2.30. The third-order valence-electron chi connectivity index (χ3n) is 4.22. The van der Waals surface area contributed by atoms with Gasteiger partial charge in [-0.2, -0.15) is 13.2 Å². The van der Waals surface area contributed by atoms with E-state index in [-0.39, 0.29) is 22.2 Å². The molecule has 0 saturated carbocycles. The van der Waals surface area contributed by atoms with E-state index < -0.39 is 28.4 Å². The molecule has 0 aliphatic heterocycles. The van der Waals surface area contributed by atoms with E-state index in [0.29, 0.717) is 22.3 Å². The standard InChI is InChI=1S/C18H18F3N3O4S/c1-10-7-22-15(11(2)16(10)28-9-18(19,20)21)8-29(25,26)17-23-13-5-4-12(27-3)6-14(13)24-17/h4-7H,8-9H2,1-3H3,(H,23,24). The number of aryl methyl sites for hydroxylation is 1. The average Bonchev–Trinajstić information content (AvgIpc) is 3.07. The van der Waals surface area contributed by atoms with Crippen molar-refractivity contribution in [1.29, 1.82) is 0 Å². The summed E-state index contributed by atoms with van der Waals surface area (Å²) in [4.78, 5) is 10.9. The lowest BCUT2D eigenvalue weighted by Gasteiger charge is -2.15. The van der Waals surface area contributed by atoms with Gasteiger partial charge < -0.3 is 14.5 Å². The number of rotatable bonds is 6. The van der Waals surface area contributed by atoms with Crippen LogP contribution in [-0.4, -0.2) is 43.3 Å². The Morgan fingerprint density at radius 3 is 2.59 bits per heavy atom. The summed E-state index contributed by atoms with van der Waals surface area (Å²) in [5, 5.41) is -0.264. The highest BCUT2D eigenvalue weighted by molar-refractivity contribution is 7.90. The second-order valence-electron chi connectivity index (χ2n) is 6.43. The van der Waals surface area contributed by atoms with Crippen LogP contribution in [0.2, 0.25) is 0 Å². The molecular formula is C18H18F3N3O4S. The summed E-state index contributed by atoms with van der Waals surface area (Å²) in [5.41, 5.74) is 1.61. The third-order valence-corrected chi connectivity index (χ3v) is 5.65. The molecule has 156 valence electrons. The zero-order chi connectivity index (χ0) is 21.4. The molecule has 0 unspecified atom stereocenters. The van der Waals surface area contributed by atoms with E-state index in [1.165, 1.54) is 27.2 Å². The summed E-state index contributed by atoms with van der Waals surface area (Å²) >= 11 is 0. The first-order valence-corrected chi connectivity index (χ1v) is 10.1. The van der Waals surface area contributed by atoms with E-state index in [4.69, 9.17) is 9.47 Å². The Balaban J connectivity index is 1.92. The van der Waals surface area contributed by atoms with Crippen molar-refractivity contribution in [3.8, 4) is 11.5 Å².